The van der Waals surface area contributed by atoms with Gasteiger partial charge < -0.3 is 9.47 Å². The number of ether oxygens (including phenoxy) is 2. The van der Waals surface area contributed by atoms with Crippen LogP contribution in [0.15, 0.2) is 23.2 Å². The van der Waals surface area contributed by atoms with Gasteiger partial charge in [0.05, 0.1) is 20.3 Å². The van der Waals surface area contributed by atoms with Gasteiger partial charge in [-0.3, -0.25) is 4.99 Å². The second-order valence-corrected chi connectivity index (χ2v) is 5.37. The molecular formula is C16H25NO2. The molecule has 1 rings (SSSR count). The van der Waals surface area contributed by atoms with E-state index >= 15 is 0 Å². The van der Waals surface area contributed by atoms with Gasteiger partial charge in [0.25, 0.3) is 0 Å². The molecule has 0 radical (unpaired) electrons. The highest BCUT2D eigenvalue weighted by Crippen LogP contribution is 2.27. The van der Waals surface area contributed by atoms with E-state index in [0.29, 0.717) is 17.9 Å². The summed E-state index contributed by atoms with van der Waals surface area (Å²) in [6.07, 6.45) is 1.92. The second-order valence-electron chi connectivity index (χ2n) is 5.37. The largest absolute Gasteiger partial charge is 0.493 e. The molecule has 0 amide bonds. The molecule has 0 aliphatic heterocycles. The Balaban J connectivity index is 2.92. The number of methoxy groups -OCH3 is 2. The van der Waals surface area contributed by atoms with E-state index in [9.17, 15) is 0 Å². The van der Waals surface area contributed by atoms with E-state index in [2.05, 4.69) is 27.7 Å². The van der Waals surface area contributed by atoms with Crippen molar-refractivity contribution < 1.29 is 9.47 Å². The predicted octanol–water partition coefficient (Wildman–Crippen LogP) is 3.80. The molecule has 0 heterocycles. The van der Waals surface area contributed by atoms with Crippen molar-refractivity contribution in [1.29, 1.82) is 0 Å². The van der Waals surface area contributed by atoms with Crippen molar-refractivity contribution in [2.75, 3.05) is 14.2 Å². The van der Waals surface area contributed by atoms with Crippen molar-refractivity contribution in [2.24, 2.45) is 16.8 Å². The molecule has 0 atom stereocenters. The molecular weight excluding hydrogens is 238 g/mol. The smallest absolute Gasteiger partial charge is 0.161 e. The van der Waals surface area contributed by atoms with Crippen LogP contribution in [0.2, 0.25) is 0 Å². The number of nitrogens with zero attached hydrogens (tertiary/aromatic N) is 1. The van der Waals surface area contributed by atoms with Crippen LogP contribution >= 0.6 is 0 Å². The van der Waals surface area contributed by atoms with E-state index < -0.39 is 0 Å². The Morgan fingerprint density at radius 2 is 1.53 bits per heavy atom. The molecule has 0 fully saturated rings. The lowest BCUT2D eigenvalue weighted by Crippen LogP contribution is -2.20. The van der Waals surface area contributed by atoms with Gasteiger partial charge in [-0.25, -0.2) is 0 Å². The quantitative estimate of drug-likeness (QED) is 0.731. The van der Waals surface area contributed by atoms with Crippen LogP contribution in [0.4, 0.5) is 0 Å². The zero-order chi connectivity index (χ0) is 14.4. The maximum Gasteiger partial charge on any atom is 0.161 e. The van der Waals surface area contributed by atoms with Gasteiger partial charge in [0.15, 0.2) is 11.5 Å². The highest BCUT2D eigenvalue weighted by atomic mass is 16.5. The van der Waals surface area contributed by atoms with Crippen LogP contribution in [0.3, 0.4) is 0 Å². The molecule has 0 aliphatic rings. The van der Waals surface area contributed by atoms with E-state index in [4.69, 9.17) is 14.5 Å². The summed E-state index contributed by atoms with van der Waals surface area (Å²) in [6, 6.07) is 6.18. The normalized spacial score (nSPS) is 11.8. The zero-order valence-electron chi connectivity index (χ0n) is 12.8. The molecule has 106 valence electrons. The average Bonchev–Trinajstić information content (AvgIpc) is 2.37. The number of benzene rings is 1. The minimum absolute atomic E-state index is 0.341. The van der Waals surface area contributed by atoms with Gasteiger partial charge in [0, 0.05) is 6.21 Å². The minimum atomic E-state index is 0.341. The van der Waals surface area contributed by atoms with Crippen LogP contribution in [-0.4, -0.2) is 26.5 Å². The number of hydrogen-bond donors (Lipinski definition) is 0. The maximum absolute atomic E-state index is 5.29. The molecule has 0 spiro atoms. The molecule has 0 saturated carbocycles. The van der Waals surface area contributed by atoms with Crippen LogP contribution in [0, 0.1) is 11.8 Å². The third-order valence-electron chi connectivity index (χ3n) is 3.17. The number of rotatable bonds is 6. The topological polar surface area (TPSA) is 30.8 Å². The third-order valence-corrected chi connectivity index (χ3v) is 3.17. The molecule has 19 heavy (non-hydrogen) atoms. The standard InChI is InChI=1S/C16H25NO2/c1-11(2)16(12(3)4)17-10-13-7-8-14(18-5)15(9-13)19-6/h7-12,16H,1-6H3. The Bertz CT molecular complexity index is 417. The van der Waals surface area contributed by atoms with Crippen molar-refractivity contribution in [3.8, 4) is 11.5 Å². The second kappa shape index (κ2) is 7.17. The van der Waals surface area contributed by atoms with Crippen molar-refractivity contribution in [3.63, 3.8) is 0 Å². The summed E-state index contributed by atoms with van der Waals surface area (Å²) in [4.78, 5) is 4.70. The van der Waals surface area contributed by atoms with E-state index in [-0.39, 0.29) is 0 Å². The zero-order valence-corrected chi connectivity index (χ0v) is 12.8. The third kappa shape index (κ3) is 4.27. The Kier molecular flexibility index (Phi) is 5.87. The molecule has 0 aromatic heterocycles. The average molecular weight is 263 g/mol. The maximum atomic E-state index is 5.29. The first-order chi connectivity index (χ1) is 8.99. The predicted molar refractivity (Wildman–Crippen MR) is 80.6 cm³/mol. The molecule has 3 nitrogen and oxygen atoms in total. The van der Waals surface area contributed by atoms with Crippen LogP contribution < -0.4 is 9.47 Å². The van der Waals surface area contributed by atoms with E-state index in [1.807, 2.05) is 24.4 Å². The minimum Gasteiger partial charge on any atom is -0.493 e. The van der Waals surface area contributed by atoms with Crippen molar-refractivity contribution in [1.82, 2.24) is 0 Å². The van der Waals surface area contributed by atoms with Crippen LogP contribution in [-0.2, 0) is 0 Å². The van der Waals surface area contributed by atoms with Crippen molar-refractivity contribution in [3.05, 3.63) is 23.8 Å². The molecule has 0 unspecified atom stereocenters. The lowest BCUT2D eigenvalue weighted by Gasteiger charge is -2.20. The van der Waals surface area contributed by atoms with Gasteiger partial charge in [0.2, 0.25) is 0 Å². The summed E-state index contributed by atoms with van der Waals surface area (Å²) in [5.41, 5.74) is 1.03. The Morgan fingerprint density at radius 1 is 0.947 bits per heavy atom. The Hall–Kier alpha value is -1.51. The monoisotopic (exact) mass is 263 g/mol. The van der Waals surface area contributed by atoms with Crippen LogP contribution in [0.25, 0.3) is 0 Å². The van der Waals surface area contributed by atoms with Crippen molar-refractivity contribution in [2.45, 2.75) is 33.7 Å². The van der Waals surface area contributed by atoms with Crippen LogP contribution in [0.1, 0.15) is 33.3 Å². The molecule has 1 aromatic carbocycles. The first-order valence-corrected chi connectivity index (χ1v) is 6.74. The van der Waals surface area contributed by atoms with E-state index in [1.165, 1.54) is 0 Å². The molecule has 0 N–H and O–H groups in total. The molecule has 3 heteroatoms. The van der Waals surface area contributed by atoms with Gasteiger partial charge >= 0.3 is 0 Å². The number of aliphatic imine (C=N–C) groups is 1. The summed E-state index contributed by atoms with van der Waals surface area (Å²) >= 11 is 0. The Morgan fingerprint density at radius 3 is 2.00 bits per heavy atom. The fourth-order valence-electron chi connectivity index (χ4n) is 2.22. The lowest BCUT2D eigenvalue weighted by molar-refractivity contribution is 0.355. The fourth-order valence-corrected chi connectivity index (χ4v) is 2.22. The van der Waals surface area contributed by atoms with Gasteiger partial charge in [-0.05, 0) is 35.6 Å². The first-order valence-electron chi connectivity index (χ1n) is 6.74. The summed E-state index contributed by atoms with van der Waals surface area (Å²) in [6.45, 7) is 8.82. The van der Waals surface area contributed by atoms with Gasteiger partial charge in [0.1, 0.15) is 0 Å². The molecule has 0 saturated heterocycles. The molecule has 1 aromatic rings. The lowest BCUT2D eigenvalue weighted by atomic mass is 9.94. The van der Waals surface area contributed by atoms with E-state index in [1.54, 1.807) is 14.2 Å². The first kappa shape index (κ1) is 15.5. The Labute approximate surface area is 116 Å². The summed E-state index contributed by atoms with van der Waals surface area (Å²) in [5, 5.41) is 0. The summed E-state index contributed by atoms with van der Waals surface area (Å²) in [7, 11) is 3.28. The molecule has 0 aliphatic carbocycles. The van der Waals surface area contributed by atoms with Gasteiger partial charge in [-0.2, -0.15) is 0 Å². The summed E-state index contributed by atoms with van der Waals surface area (Å²) in [5.74, 6) is 2.55. The molecule has 0 bridgehead atoms. The van der Waals surface area contributed by atoms with Crippen LogP contribution in [0.5, 0.6) is 11.5 Å². The van der Waals surface area contributed by atoms with Crippen molar-refractivity contribution >= 4 is 6.21 Å². The highest BCUT2D eigenvalue weighted by molar-refractivity contribution is 5.81. The highest BCUT2D eigenvalue weighted by Gasteiger charge is 2.15. The van der Waals surface area contributed by atoms with Gasteiger partial charge in [-0.15, -0.1) is 0 Å². The van der Waals surface area contributed by atoms with E-state index in [0.717, 1.165) is 17.1 Å². The fraction of sp³-hybridized carbons (Fsp3) is 0.562. The SMILES string of the molecule is COc1ccc(C=NC(C(C)C)C(C)C)cc1OC. The summed E-state index contributed by atoms with van der Waals surface area (Å²) < 4.78 is 10.5. The van der Waals surface area contributed by atoms with Gasteiger partial charge in [-0.1, -0.05) is 27.7 Å². The number of hydrogen-bond acceptors (Lipinski definition) is 3.